The van der Waals surface area contributed by atoms with Crippen LogP contribution in [-0.4, -0.2) is 37.1 Å². The third-order valence-electron chi connectivity index (χ3n) is 4.55. The summed E-state index contributed by atoms with van der Waals surface area (Å²) in [7, 11) is 0. The molecule has 0 bridgehead atoms. The minimum atomic E-state index is -4.57. The van der Waals surface area contributed by atoms with E-state index >= 15 is 0 Å². The quantitative estimate of drug-likeness (QED) is 0.605. The highest BCUT2D eigenvalue weighted by atomic mass is 19.4. The van der Waals surface area contributed by atoms with Crippen molar-refractivity contribution < 1.29 is 27.6 Å². The number of nitrogens with one attached hydrogen (secondary N) is 1. The molecule has 0 spiro atoms. The third kappa shape index (κ3) is 5.02. The standard InChI is InChI=1S/C19H18F3N3O4/c20-19(21,22)17-11-16(24-7-9-29-10-8-24)6-3-14(17)12-23-18(26)13-1-4-15(5-2-13)25(27)28/h1-6,11H,7-10,12H2,(H,23,26). The second kappa shape index (κ2) is 8.48. The number of non-ortho nitro benzene ring substituents is 1. The maximum atomic E-state index is 13.5. The summed E-state index contributed by atoms with van der Waals surface area (Å²) in [6.07, 6.45) is -4.57. The minimum Gasteiger partial charge on any atom is -0.378 e. The summed E-state index contributed by atoms with van der Waals surface area (Å²) in [6, 6.07) is 8.84. The van der Waals surface area contributed by atoms with Gasteiger partial charge in [-0.2, -0.15) is 13.2 Å². The van der Waals surface area contributed by atoms with Crippen molar-refractivity contribution in [3.05, 3.63) is 69.3 Å². The maximum absolute atomic E-state index is 13.5. The van der Waals surface area contributed by atoms with Crippen molar-refractivity contribution in [3.63, 3.8) is 0 Å². The molecular weight excluding hydrogens is 391 g/mol. The number of hydrogen-bond acceptors (Lipinski definition) is 5. The van der Waals surface area contributed by atoms with Crippen molar-refractivity contribution in [1.29, 1.82) is 0 Å². The van der Waals surface area contributed by atoms with Crippen molar-refractivity contribution in [3.8, 4) is 0 Å². The molecule has 1 fully saturated rings. The normalized spacial score (nSPS) is 14.5. The van der Waals surface area contributed by atoms with Gasteiger partial charge in [0.25, 0.3) is 11.6 Å². The molecule has 1 N–H and O–H groups in total. The molecule has 1 heterocycles. The van der Waals surface area contributed by atoms with Gasteiger partial charge >= 0.3 is 6.18 Å². The fourth-order valence-corrected chi connectivity index (χ4v) is 3.01. The van der Waals surface area contributed by atoms with E-state index in [1.165, 1.54) is 18.2 Å². The molecule has 0 unspecified atom stereocenters. The highest BCUT2D eigenvalue weighted by Gasteiger charge is 2.34. The third-order valence-corrected chi connectivity index (χ3v) is 4.55. The van der Waals surface area contributed by atoms with Gasteiger partial charge in [-0.05, 0) is 29.8 Å². The monoisotopic (exact) mass is 409 g/mol. The molecule has 154 valence electrons. The summed E-state index contributed by atoms with van der Waals surface area (Å²) in [5, 5.41) is 13.1. The van der Waals surface area contributed by atoms with Gasteiger partial charge in [-0.1, -0.05) is 6.07 Å². The molecule has 1 aliphatic heterocycles. The number of carbonyl (C=O) groups excluding carboxylic acids is 1. The van der Waals surface area contributed by atoms with Gasteiger partial charge in [-0.3, -0.25) is 14.9 Å². The molecule has 1 saturated heterocycles. The second-order valence-electron chi connectivity index (χ2n) is 6.43. The van der Waals surface area contributed by atoms with E-state index in [-0.39, 0.29) is 23.4 Å². The van der Waals surface area contributed by atoms with Gasteiger partial charge in [0, 0.05) is 43.0 Å². The first-order valence-electron chi connectivity index (χ1n) is 8.81. The molecule has 0 saturated carbocycles. The van der Waals surface area contributed by atoms with Crippen LogP contribution in [0.3, 0.4) is 0 Å². The van der Waals surface area contributed by atoms with Crippen molar-refractivity contribution in [1.82, 2.24) is 5.32 Å². The molecule has 3 rings (SSSR count). The number of alkyl halides is 3. The largest absolute Gasteiger partial charge is 0.416 e. The Balaban J connectivity index is 1.75. The van der Waals surface area contributed by atoms with Crippen molar-refractivity contribution >= 4 is 17.3 Å². The number of nitro benzene ring substituents is 1. The number of halogens is 3. The Morgan fingerprint density at radius 2 is 1.79 bits per heavy atom. The number of amides is 1. The molecule has 2 aromatic rings. The number of carbonyl (C=O) groups is 1. The molecule has 0 radical (unpaired) electrons. The van der Waals surface area contributed by atoms with E-state index in [4.69, 9.17) is 4.74 Å². The number of hydrogen-bond donors (Lipinski definition) is 1. The van der Waals surface area contributed by atoms with Crippen LogP contribution in [0.25, 0.3) is 0 Å². The number of morpholine rings is 1. The van der Waals surface area contributed by atoms with Crippen LogP contribution in [0.1, 0.15) is 21.5 Å². The van der Waals surface area contributed by atoms with Crippen LogP contribution in [-0.2, 0) is 17.5 Å². The van der Waals surface area contributed by atoms with E-state index in [0.717, 1.165) is 18.2 Å². The van der Waals surface area contributed by atoms with Gasteiger partial charge in [0.2, 0.25) is 0 Å². The Morgan fingerprint density at radius 3 is 2.38 bits per heavy atom. The summed E-state index contributed by atoms with van der Waals surface area (Å²) in [6.45, 7) is 1.60. The number of rotatable bonds is 5. The fourth-order valence-electron chi connectivity index (χ4n) is 3.01. The van der Waals surface area contributed by atoms with Crippen LogP contribution in [0, 0.1) is 10.1 Å². The highest BCUT2D eigenvalue weighted by molar-refractivity contribution is 5.94. The fraction of sp³-hybridized carbons (Fsp3) is 0.316. The predicted octanol–water partition coefficient (Wildman–Crippen LogP) is 3.38. The minimum absolute atomic E-state index is 0.0650. The zero-order chi connectivity index (χ0) is 21.0. The van der Waals surface area contributed by atoms with E-state index in [9.17, 15) is 28.1 Å². The average Bonchev–Trinajstić information content (AvgIpc) is 2.72. The molecule has 0 aliphatic carbocycles. The number of nitrogens with zero attached hydrogens (tertiary/aromatic N) is 2. The summed E-state index contributed by atoms with van der Waals surface area (Å²) >= 11 is 0. The lowest BCUT2D eigenvalue weighted by Crippen LogP contribution is -2.36. The Morgan fingerprint density at radius 1 is 1.14 bits per heavy atom. The second-order valence-corrected chi connectivity index (χ2v) is 6.43. The summed E-state index contributed by atoms with van der Waals surface area (Å²) in [4.78, 5) is 24.1. The molecule has 0 atom stereocenters. The van der Waals surface area contributed by atoms with Crippen molar-refractivity contribution in [2.45, 2.75) is 12.7 Å². The van der Waals surface area contributed by atoms with E-state index < -0.39 is 22.6 Å². The van der Waals surface area contributed by atoms with Gasteiger partial charge in [0.1, 0.15) is 0 Å². The first kappa shape index (κ1) is 20.6. The molecule has 29 heavy (non-hydrogen) atoms. The van der Waals surface area contributed by atoms with Crippen molar-refractivity contribution in [2.75, 3.05) is 31.2 Å². The number of nitro groups is 1. The number of benzene rings is 2. The molecule has 0 aromatic heterocycles. The Labute approximate surface area is 164 Å². The van der Waals surface area contributed by atoms with Crippen LogP contribution < -0.4 is 10.2 Å². The Bertz CT molecular complexity index is 895. The summed E-state index contributed by atoms with van der Waals surface area (Å²) in [5.41, 5.74) is -0.491. The van der Waals surface area contributed by atoms with E-state index in [0.29, 0.717) is 32.0 Å². The van der Waals surface area contributed by atoms with Crippen LogP contribution in [0.4, 0.5) is 24.5 Å². The topological polar surface area (TPSA) is 84.7 Å². The first-order chi connectivity index (χ1) is 13.8. The van der Waals surface area contributed by atoms with Gasteiger partial charge < -0.3 is 15.0 Å². The summed E-state index contributed by atoms with van der Waals surface area (Å²) in [5.74, 6) is -0.620. The van der Waals surface area contributed by atoms with E-state index in [2.05, 4.69) is 5.32 Å². The molecule has 7 nitrogen and oxygen atoms in total. The molecular formula is C19H18F3N3O4. The van der Waals surface area contributed by atoms with Gasteiger partial charge in [-0.25, -0.2) is 0 Å². The molecule has 1 aliphatic rings. The number of anilines is 1. The summed E-state index contributed by atoms with van der Waals surface area (Å²) < 4.78 is 45.9. The van der Waals surface area contributed by atoms with Crippen LogP contribution in [0.2, 0.25) is 0 Å². The Hall–Kier alpha value is -3.14. The van der Waals surface area contributed by atoms with Crippen molar-refractivity contribution in [2.24, 2.45) is 0 Å². The SMILES string of the molecule is O=C(NCc1ccc(N2CCOCC2)cc1C(F)(F)F)c1ccc([N+](=O)[O-])cc1. The molecule has 2 aromatic carbocycles. The lowest BCUT2D eigenvalue weighted by Gasteiger charge is -2.29. The maximum Gasteiger partial charge on any atom is 0.416 e. The van der Waals surface area contributed by atoms with Crippen LogP contribution in [0.15, 0.2) is 42.5 Å². The van der Waals surface area contributed by atoms with Crippen LogP contribution in [0.5, 0.6) is 0 Å². The lowest BCUT2D eigenvalue weighted by atomic mass is 10.0. The smallest absolute Gasteiger partial charge is 0.378 e. The highest BCUT2D eigenvalue weighted by Crippen LogP contribution is 2.35. The molecule has 1 amide bonds. The zero-order valence-electron chi connectivity index (χ0n) is 15.2. The zero-order valence-corrected chi connectivity index (χ0v) is 15.2. The predicted molar refractivity (Wildman–Crippen MR) is 98.7 cm³/mol. The van der Waals surface area contributed by atoms with Crippen LogP contribution >= 0.6 is 0 Å². The lowest BCUT2D eigenvalue weighted by molar-refractivity contribution is -0.384. The van der Waals surface area contributed by atoms with Gasteiger partial charge in [-0.15, -0.1) is 0 Å². The number of ether oxygens (including phenoxy) is 1. The van der Waals surface area contributed by atoms with Gasteiger partial charge in [0.15, 0.2) is 0 Å². The van der Waals surface area contributed by atoms with E-state index in [1.54, 1.807) is 6.07 Å². The van der Waals surface area contributed by atoms with E-state index in [1.807, 2.05) is 4.90 Å². The first-order valence-corrected chi connectivity index (χ1v) is 8.81. The average molecular weight is 409 g/mol. The molecule has 10 heteroatoms. The van der Waals surface area contributed by atoms with Gasteiger partial charge in [0.05, 0.1) is 23.7 Å². The Kier molecular flexibility index (Phi) is 6.02.